The number of aldehydes is 1. The van der Waals surface area contributed by atoms with Gasteiger partial charge in [-0.2, -0.15) is 0 Å². The Hall–Kier alpha value is -4.39. The minimum absolute atomic E-state index is 0.0405. The molecule has 4 rings (SSSR count). The summed E-state index contributed by atoms with van der Waals surface area (Å²) in [6.45, 7) is 18.8. The summed E-state index contributed by atoms with van der Waals surface area (Å²) in [5.74, 6) is -8.17. The second-order valence-electron chi connectivity index (χ2n) is 23.0. The molecule has 0 aliphatic carbocycles. The van der Waals surface area contributed by atoms with Crippen molar-refractivity contribution in [3.63, 3.8) is 0 Å². The molecular weight excluding hydrogens is 1100 g/mol. The quantitative estimate of drug-likeness (QED) is 0.0520. The van der Waals surface area contributed by atoms with Crippen LogP contribution >= 0.6 is 0 Å². The lowest BCUT2D eigenvalue weighted by molar-refractivity contribution is -0.342. The first-order chi connectivity index (χ1) is 38.7. The van der Waals surface area contributed by atoms with E-state index >= 15 is 0 Å². The molecule has 0 bridgehead atoms. The van der Waals surface area contributed by atoms with Crippen LogP contribution in [0.25, 0.3) is 0 Å². The average Bonchev–Trinajstić information content (AvgIpc) is 3.27. The molecule has 0 aromatic heterocycles. The summed E-state index contributed by atoms with van der Waals surface area (Å²) in [6.07, 6.45) is -13.0. The Balaban J connectivity index is 0.00000164. The molecule has 0 amide bonds. The first-order valence-electron chi connectivity index (χ1n) is 28.1. The number of likely N-dealkylation sites (N-methyl/N-ethyl adjacent to an activating group) is 1. The maximum absolute atomic E-state index is 14.0. The van der Waals surface area contributed by atoms with Crippen LogP contribution < -0.4 is 0 Å². The van der Waals surface area contributed by atoms with Gasteiger partial charge in [-0.3, -0.25) is 19.2 Å². The van der Waals surface area contributed by atoms with Gasteiger partial charge < -0.3 is 97.5 Å². The Bertz CT molecular complexity index is 2150. The van der Waals surface area contributed by atoms with E-state index in [0.717, 1.165) is 0 Å². The second kappa shape index (κ2) is 33.5. The molecule has 4 heterocycles. The van der Waals surface area contributed by atoms with E-state index in [1.807, 2.05) is 26.8 Å². The Morgan fingerprint density at radius 1 is 0.831 bits per heavy atom. The van der Waals surface area contributed by atoms with Crippen molar-refractivity contribution in [1.29, 1.82) is 0 Å². The van der Waals surface area contributed by atoms with Crippen LogP contribution in [-0.4, -0.2) is 233 Å². The van der Waals surface area contributed by atoms with Gasteiger partial charge in [0, 0.05) is 58.2 Å². The highest BCUT2D eigenvalue weighted by Crippen LogP contribution is 2.38. The maximum Gasteiger partial charge on any atom is 0.335 e. The Morgan fingerprint density at radius 3 is 1.94 bits per heavy atom. The predicted molar refractivity (Wildman–Crippen MR) is 290 cm³/mol. The van der Waals surface area contributed by atoms with Crippen molar-refractivity contribution in [2.24, 2.45) is 29.6 Å². The average molecular weight is 1190 g/mol. The number of hydrogen-bond acceptors (Lipinski definition) is 24. The fourth-order valence-corrected chi connectivity index (χ4v) is 10.9. The molecule has 3 fully saturated rings. The Morgan fingerprint density at radius 2 is 1.42 bits per heavy atom. The van der Waals surface area contributed by atoms with Gasteiger partial charge in [0.05, 0.1) is 49.6 Å². The minimum Gasteiger partial charge on any atom is -0.479 e. The number of ether oxygens (including phenoxy) is 11. The standard InChI is InChI=1S/C53H87NO19.C4H6O6/c1-16-39-36(26-65-52-49(64-15)48(63-14)47(32(8)68-52)71-40(59)21-27(2)3)22-28(4)17-18-37(57)29(5)23-35(19-20-55)45(30(6)38(58)24-41(60)70-39)73-51-44(61)43(54(12)13)46(31(7)67-51)72-42-25-53(11,62)50(33(9)66-42)69-34(10)56;5-1(3(7)8)2(6)4(9)10/h17-18,20,22,27,29-33,35-36,38-39,42-52,58,61-62H,16,19,21,23-26H2,1-15H3;1-2,5-6H,(H,7,8)(H,9,10)/t29-,30+,31-,32-,33+,35+,36-,38-,39-,42+,43-,44-,45-,46-,47-,48-,49-,50+,51-,52-,53-;1-,2-/m11/s1. The summed E-state index contributed by atoms with van der Waals surface area (Å²) in [5.41, 5.74) is -0.840. The summed E-state index contributed by atoms with van der Waals surface area (Å²) < 4.78 is 67.2. The third-order valence-corrected chi connectivity index (χ3v) is 15.3. The van der Waals surface area contributed by atoms with Crippen molar-refractivity contribution in [2.45, 2.75) is 231 Å². The molecule has 4 aliphatic heterocycles. The van der Waals surface area contributed by atoms with E-state index < -0.39 is 176 Å². The zero-order chi connectivity index (χ0) is 63.0. The van der Waals surface area contributed by atoms with E-state index in [4.69, 9.17) is 72.5 Å². The van der Waals surface area contributed by atoms with E-state index in [2.05, 4.69) is 0 Å². The largest absolute Gasteiger partial charge is 0.479 e. The Labute approximate surface area is 485 Å². The SMILES string of the molecule is CC[C@H]1OC(=O)C[C@@H](O)[C@H](C)[C@@H](O[C@H]2O[C@H](C)[C@@H](O[C@H]3C[C@@](C)(O)[C@@H](OC(C)=O)[C@H](C)O3)[C@H](N(C)C)[C@H]2O)[C@@H](CC=O)C[C@@H](C)C(=O)C=CC(C)=C[C@@H]1CO[C@@H]1O[C@H](C)[C@@H](OC(=O)CC(C)C)[C@@H](OC)[C@H]1OC.O=C(O)[C@H](O)[C@@H](O)C(=O)O. The molecule has 7 N–H and O–H groups in total. The monoisotopic (exact) mass is 1190 g/mol. The van der Waals surface area contributed by atoms with Crippen LogP contribution in [-0.2, 0) is 85.7 Å². The number of hydrogen-bond donors (Lipinski definition) is 7. The van der Waals surface area contributed by atoms with E-state index in [-0.39, 0.29) is 44.0 Å². The summed E-state index contributed by atoms with van der Waals surface area (Å²) in [7, 11) is 6.45. The van der Waals surface area contributed by atoms with Crippen LogP contribution in [0.4, 0.5) is 0 Å². The number of cyclic esters (lactones) is 1. The van der Waals surface area contributed by atoms with Gasteiger partial charge in [-0.1, -0.05) is 52.3 Å². The van der Waals surface area contributed by atoms with Crippen molar-refractivity contribution in [3.8, 4) is 0 Å². The molecule has 4 aliphatic rings. The van der Waals surface area contributed by atoms with Gasteiger partial charge in [0.25, 0.3) is 0 Å². The van der Waals surface area contributed by atoms with E-state index in [1.54, 1.807) is 66.6 Å². The lowest BCUT2D eigenvalue weighted by atomic mass is 9.79. The van der Waals surface area contributed by atoms with E-state index in [1.165, 1.54) is 34.1 Å². The van der Waals surface area contributed by atoms with Gasteiger partial charge in [0.2, 0.25) is 0 Å². The number of methoxy groups -OCH3 is 2. The van der Waals surface area contributed by atoms with Gasteiger partial charge in [-0.15, -0.1) is 0 Å². The molecule has 0 radical (unpaired) electrons. The highest BCUT2D eigenvalue weighted by atomic mass is 16.7. The van der Waals surface area contributed by atoms with Crippen molar-refractivity contribution >= 4 is 41.9 Å². The maximum atomic E-state index is 14.0. The molecular formula is C57H93NO25. The van der Waals surface area contributed by atoms with Crippen LogP contribution in [0.5, 0.6) is 0 Å². The van der Waals surface area contributed by atoms with Crippen LogP contribution in [0.3, 0.4) is 0 Å². The van der Waals surface area contributed by atoms with Gasteiger partial charge in [-0.05, 0) is 79.5 Å². The molecule has 0 saturated carbocycles. The van der Waals surface area contributed by atoms with Crippen LogP contribution in [0.2, 0.25) is 0 Å². The van der Waals surface area contributed by atoms with Crippen LogP contribution in [0.1, 0.15) is 115 Å². The van der Waals surface area contributed by atoms with Crippen molar-refractivity contribution in [2.75, 3.05) is 34.9 Å². The highest BCUT2D eigenvalue weighted by Gasteiger charge is 2.53. The highest BCUT2D eigenvalue weighted by molar-refractivity contribution is 5.91. The van der Waals surface area contributed by atoms with Gasteiger partial charge in [0.15, 0.2) is 49.1 Å². The molecule has 0 aromatic carbocycles. The number of aliphatic carboxylic acids is 2. The molecule has 26 heteroatoms. The van der Waals surface area contributed by atoms with Gasteiger partial charge >= 0.3 is 29.8 Å². The summed E-state index contributed by atoms with van der Waals surface area (Å²) in [6, 6.07) is -0.786. The number of rotatable bonds is 20. The first-order valence-corrected chi connectivity index (χ1v) is 28.1. The Kier molecular flexibility index (Phi) is 29.4. The van der Waals surface area contributed by atoms with Gasteiger partial charge in [-0.25, -0.2) is 9.59 Å². The number of carbonyl (C=O) groups is 7. The second-order valence-corrected chi connectivity index (χ2v) is 23.0. The van der Waals surface area contributed by atoms with Crippen molar-refractivity contribution < 1.29 is 121 Å². The first kappa shape index (κ1) is 72.9. The lowest BCUT2D eigenvalue weighted by Gasteiger charge is -2.50. The number of allylic oxidation sites excluding steroid dienone is 3. The molecule has 26 nitrogen and oxygen atoms in total. The van der Waals surface area contributed by atoms with E-state index in [0.29, 0.717) is 18.3 Å². The van der Waals surface area contributed by atoms with Crippen molar-refractivity contribution in [3.05, 3.63) is 23.8 Å². The molecule has 0 spiro atoms. The van der Waals surface area contributed by atoms with Crippen molar-refractivity contribution in [1.82, 2.24) is 4.90 Å². The lowest BCUT2D eigenvalue weighted by Crippen LogP contribution is -2.65. The number of carboxylic acid groups (broad SMARTS) is 2. The summed E-state index contributed by atoms with van der Waals surface area (Å²) >= 11 is 0. The third kappa shape index (κ3) is 20.9. The molecule has 476 valence electrons. The molecule has 83 heavy (non-hydrogen) atoms. The number of aliphatic hydroxyl groups excluding tert-OH is 4. The zero-order valence-corrected chi connectivity index (χ0v) is 50.5. The number of carbonyl (C=O) groups excluding carboxylic acids is 5. The fourth-order valence-electron chi connectivity index (χ4n) is 10.9. The third-order valence-electron chi connectivity index (χ3n) is 15.3. The molecule has 0 aromatic rings. The zero-order valence-electron chi connectivity index (χ0n) is 50.5. The van der Waals surface area contributed by atoms with E-state index in [9.17, 15) is 48.9 Å². The van der Waals surface area contributed by atoms with Crippen LogP contribution in [0, 0.1) is 29.6 Å². The topological polar surface area (TPSA) is 366 Å². The predicted octanol–water partition coefficient (Wildman–Crippen LogP) is 1.88. The molecule has 23 atom stereocenters. The fraction of sp³-hybridized carbons (Fsp3) is 0.807. The smallest absolute Gasteiger partial charge is 0.335 e. The normalized spacial score (nSPS) is 37.5. The number of aliphatic hydroxyl groups is 5. The molecule has 0 unspecified atom stereocenters. The number of ketones is 1. The molecule has 3 saturated heterocycles. The minimum atomic E-state index is -2.27. The number of carboxylic acids is 2. The van der Waals surface area contributed by atoms with Crippen LogP contribution in [0.15, 0.2) is 23.8 Å². The summed E-state index contributed by atoms with van der Waals surface area (Å²) in [5, 5.41) is 67.9. The number of esters is 3. The number of nitrogens with zero attached hydrogens (tertiary/aromatic N) is 1. The summed E-state index contributed by atoms with van der Waals surface area (Å²) in [4.78, 5) is 86.0. The van der Waals surface area contributed by atoms with Gasteiger partial charge in [0.1, 0.15) is 42.4 Å².